The standard InChI is InChI=1S/C25H34FN3O2/c26-20-2-1-3-22(13-20)29-8-5-21(6-9-29)28-23(30)4-7-27-24(31)25-14-17-10-18(15-25)12-19(11-17)16-25/h1-3,13,17-19,21H,4-12,14-16H2,(H,27,31)(H,28,30). The molecular formula is C25H34FN3O2. The summed E-state index contributed by atoms with van der Waals surface area (Å²) in [7, 11) is 0. The van der Waals surface area contributed by atoms with Crippen molar-refractivity contribution in [1.82, 2.24) is 10.6 Å². The predicted molar refractivity (Wildman–Crippen MR) is 118 cm³/mol. The molecule has 31 heavy (non-hydrogen) atoms. The minimum atomic E-state index is -0.219. The highest BCUT2D eigenvalue weighted by atomic mass is 19.1. The van der Waals surface area contributed by atoms with Gasteiger partial charge in [0.25, 0.3) is 0 Å². The normalized spacial score (nSPS) is 32.2. The Morgan fingerprint density at radius 1 is 1.03 bits per heavy atom. The van der Waals surface area contributed by atoms with E-state index in [1.54, 1.807) is 12.1 Å². The predicted octanol–water partition coefficient (Wildman–Crippen LogP) is 3.63. The first-order valence-electron chi connectivity index (χ1n) is 12.1. The average molecular weight is 428 g/mol. The molecule has 2 N–H and O–H groups in total. The summed E-state index contributed by atoms with van der Waals surface area (Å²) in [6.07, 6.45) is 9.18. The maximum Gasteiger partial charge on any atom is 0.226 e. The van der Waals surface area contributed by atoms with Crippen LogP contribution in [0.5, 0.6) is 0 Å². The van der Waals surface area contributed by atoms with Crippen molar-refractivity contribution < 1.29 is 14.0 Å². The Morgan fingerprint density at radius 3 is 2.29 bits per heavy atom. The Hall–Kier alpha value is -2.11. The molecule has 6 heteroatoms. The van der Waals surface area contributed by atoms with Crippen molar-refractivity contribution in [2.75, 3.05) is 24.5 Å². The molecule has 168 valence electrons. The number of hydrogen-bond acceptors (Lipinski definition) is 3. The molecule has 5 aliphatic rings. The van der Waals surface area contributed by atoms with E-state index in [1.807, 2.05) is 6.07 Å². The molecule has 4 bridgehead atoms. The Balaban J connectivity index is 1.04. The van der Waals surface area contributed by atoms with Crippen LogP contribution in [0.1, 0.15) is 57.8 Å². The Kier molecular flexibility index (Phi) is 5.65. The molecule has 0 aromatic heterocycles. The summed E-state index contributed by atoms with van der Waals surface area (Å²) in [5.74, 6) is 2.23. The number of carbonyl (C=O) groups is 2. The van der Waals surface area contributed by atoms with Crippen molar-refractivity contribution in [3.05, 3.63) is 30.1 Å². The second kappa shape index (κ2) is 8.44. The van der Waals surface area contributed by atoms with Crippen LogP contribution in [-0.2, 0) is 9.59 Å². The molecule has 5 nitrogen and oxygen atoms in total. The van der Waals surface area contributed by atoms with Gasteiger partial charge in [-0.05, 0) is 87.3 Å². The van der Waals surface area contributed by atoms with Crippen LogP contribution < -0.4 is 15.5 Å². The number of amides is 2. The highest BCUT2D eigenvalue weighted by molar-refractivity contribution is 5.84. The van der Waals surface area contributed by atoms with E-state index in [-0.39, 0.29) is 29.1 Å². The summed E-state index contributed by atoms with van der Waals surface area (Å²) >= 11 is 0. The van der Waals surface area contributed by atoms with Crippen molar-refractivity contribution in [3.8, 4) is 0 Å². The molecule has 5 fully saturated rings. The van der Waals surface area contributed by atoms with Crippen LogP contribution in [0.4, 0.5) is 10.1 Å². The van der Waals surface area contributed by atoms with Crippen LogP contribution in [0.15, 0.2) is 24.3 Å². The van der Waals surface area contributed by atoms with Gasteiger partial charge in [0.05, 0.1) is 0 Å². The summed E-state index contributed by atoms with van der Waals surface area (Å²) in [5.41, 5.74) is 0.756. The van der Waals surface area contributed by atoms with E-state index in [9.17, 15) is 14.0 Å². The fraction of sp³-hybridized carbons (Fsp3) is 0.680. The summed E-state index contributed by atoms with van der Waals surface area (Å²) in [6, 6.07) is 6.82. The van der Waals surface area contributed by atoms with Crippen molar-refractivity contribution in [2.45, 2.75) is 63.8 Å². The lowest BCUT2D eigenvalue weighted by Gasteiger charge is -2.55. The lowest BCUT2D eigenvalue weighted by molar-refractivity contribution is -0.146. The molecule has 1 aromatic carbocycles. The molecule has 1 heterocycles. The number of anilines is 1. The van der Waals surface area contributed by atoms with Crippen LogP contribution in [0.3, 0.4) is 0 Å². The van der Waals surface area contributed by atoms with E-state index in [0.29, 0.717) is 13.0 Å². The van der Waals surface area contributed by atoms with Gasteiger partial charge < -0.3 is 15.5 Å². The van der Waals surface area contributed by atoms with Crippen molar-refractivity contribution in [1.29, 1.82) is 0 Å². The molecule has 0 spiro atoms. The van der Waals surface area contributed by atoms with E-state index in [2.05, 4.69) is 15.5 Å². The largest absolute Gasteiger partial charge is 0.371 e. The summed E-state index contributed by atoms with van der Waals surface area (Å²) in [4.78, 5) is 27.6. The smallest absolute Gasteiger partial charge is 0.226 e. The van der Waals surface area contributed by atoms with Crippen LogP contribution in [0.25, 0.3) is 0 Å². The molecule has 4 saturated carbocycles. The zero-order chi connectivity index (χ0) is 21.4. The third-order valence-corrected chi connectivity index (χ3v) is 8.19. The second-order valence-corrected chi connectivity index (χ2v) is 10.5. The summed E-state index contributed by atoms with van der Waals surface area (Å²) in [5, 5.41) is 6.22. The topological polar surface area (TPSA) is 61.4 Å². The van der Waals surface area contributed by atoms with Crippen molar-refractivity contribution in [2.24, 2.45) is 23.2 Å². The van der Waals surface area contributed by atoms with Gasteiger partial charge in [-0.1, -0.05) is 6.07 Å². The van der Waals surface area contributed by atoms with Gasteiger partial charge in [0.2, 0.25) is 11.8 Å². The molecule has 1 aliphatic heterocycles. The van der Waals surface area contributed by atoms with E-state index >= 15 is 0 Å². The highest BCUT2D eigenvalue weighted by Gasteiger charge is 2.54. The van der Waals surface area contributed by atoms with E-state index < -0.39 is 0 Å². The number of halogens is 1. The molecule has 1 saturated heterocycles. The molecule has 0 atom stereocenters. The molecular weight excluding hydrogens is 393 g/mol. The maximum absolute atomic E-state index is 13.4. The zero-order valence-electron chi connectivity index (χ0n) is 18.2. The Labute approximate surface area is 184 Å². The number of carbonyl (C=O) groups excluding carboxylic acids is 2. The number of piperidine rings is 1. The SMILES string of the molecule is O=C(CCNC(=O)C12CC3CC(CC(C3)C1)C2)NC1CCN(c2cccc(F)c2)CC1. The van der Waals surface area contributed by atoms with Gasteiger partial charge in [-0.25, -0.2) is 4.39 Å². The van der Waals surface area contributed by atoms with E-state index in [1.165, 1.54) is 25.3 Å². The monoisotopic (exact) mass is 427 g/mol. The third kappa shape index (κ3) is 4.44. The van der Waals surface area contributed by atoms with Gasteiger partial charge in [0, 0.05) is 43.2 Å². The van der Waals surface area contributed by atoms with Crippen LogP contribution in [-0.4, -0.2) is 37.5 Å². The van der Waals surface area contributed by atoms with Crippen LogP contribution in [0, 0.1) is 29.0 Å². The first-order chi connectivity index (χ1) is 15.0. The first-order valence-corrected chi connectivity index (χ1v) is 12.1. The second-order valence-electron chi connectivity index (χ2n) is 10.5. The fourth-order valence-corrected chi connectivity index (χ4v) is 7.12. The fourth-order valence-electron chi connectivity index (χ4n) is 7.12. The molecule has 0 radical (unpaired) electrons. The van der Waals surface area contributed by atoms with E-state index in [4.69, 9.17) is 0 Å². The summed E-state index contributed by atoms with van der Waals surface area (Å²) < 4.78 is 13.4. The van der Waals surface area contributed by atoms with Crippen molar-refractivity contribution in [3.63, 3.8) is 0 Å². The lowest BCUT2D eigenvalue weighted by atomic mass is 9.49. The number of nitrogens with one attached hydrogen (secondary N) is 2. The number of nitrogens with zero attached hydrogens (tertiary/aromatic N) is 1. The lowest BCUT2D eigenvalue weighted by Crippen LogP contribution is -2.54. The van der Waals surface area contributed by atoms with Crippen LogP contribution in [0.2, 0.25) is 0 Å². The average Bonchev–Trinajstić information content (AvgIpc) is 2.73. The van der Waals surface area contributed by atoms with E-state index in [0.717, 1.165) is 68.6 Å². The molecule has 2 amide bonds. The number of rotatable bonds is 6. The van der Waals surface area contributed by atoms with Gasteiger partial charge in [0.1, 0.15) is 5.82 Å². The van der Waals surface area contributed by atoms with Gasteiger partial charge in [0.15, 0.2) is 0 Å². The minimum absolute atomic E-state index is 0.00928. The number of benzene rings is 1. The molecule has 6 rings (SSSR count). The first kappa shape index (κ1) is 20.8. The highest BCUT2D eigenvalue weighted by Crippen LogP contribution is 2.60. The molecule has 0 unspecified atom stereocenters. The van der Waals surface area contributed by atoms with Crippen LogP contribution >= 0.6 is 0 Å². The maximum atomic E-state index is 13.4. The third-order valence-electron chi connectivity index (χ3n) is 8.19. The Bertz CT molecular complexity index is 799. The Morgan fingerprint density at radius 2 is 1.68 bits per heavy atom. The quantitative estimate of drug-likeness (QED) is 0.729. The number of hydrogen-bond donors (Lipinski definition) is 2. The molecule has 4 aliphatic carbocycles. The van der Waals surface area contributed by atoms with Gasteiger partial charge in [-0.3, -0.25) is 9.59 Å². The summed E-state index contributed by atoms with van der Waals surface area (Å²) in [6.45, 7) is 2.03. The zero-order valence-corrected chi connectivity index (χ0v) is 18.2. The van der Waals surface area contributed by atoms with Gasteiger partial charge in [-0.2, -0.15) is 0 Å². The van der Waals surface area contributed by atoms with Gasteiger partial charge in [-0.15, -0.1) is 0 Å². The van der Waals surface area contributed by atoms with Gasteiger partial charge >= 0.3 is 0 Å². The van der Waals surface area contributed by atoms with Crippen molar-refractivity contribution >= 4 is 17.5 Å². The minimum Gasteiger partial charge on any atom is -0.371 e. The molecule has 1 aromatic rings.